The highest BCUT2D eigenvalue weighted by Crippen LogP contribution is 2.14. The molecule has 1 rings (SSSR count). The van der Waals surface area contributed by atoms with Gasteiger partial charge in [-0.1, -0.05) is 43.0 Å². The Morgan fingerprint density at radius 1 is 1.31 bits per heavy atom. The fraction of sp³-hybridized carbons (Fsp3) is 0.250. The first-order chi connectivity index (χ1) is 6.34. The lowest BCUT2D eigenvalue weighted by Crippen LogP contribution is -2.04. The number of carbonyl (C=O) groups excluding carboxylic acids is 1. The van der Waals surface area contributed by atoms with Crippen LogP contribution in [-0.2, 0) is 4.79 Å². The van der Waals surface area contributed by atoms with Gasteiger partial charge < -0.3 is 0 Å². The SMILES string of the molecule is C=C/C=C/C=C/C1=CCCCC1=O. The van der Waals surface area contributed by atoms with E-state index in [1.807, 2.05) is 30.4 Å². The van der Waals surface area contributed by atoms with Crippen molar-refractivity contribution in [3.63, 3.8) is 0 Å². The largest absolute Gasteiger partial charge is 0.294 e. The molecule has 0 aromatic rings. The molecule has 0 radical (unpaired) electrons. The lowest BCUT2D eigenvalue weighted by atomic mass is 9.98. The van der Waals surface area contributed by atoms with Crippen LogP contribution < -0.4 is 0 Å². The van der Waals surface area contributed by atoms with Gasteiger partial charge in [0.05, 0.1) is 0 Å². The van der Waals surface area contributed by atoms with Crippen molar-refractivity contribution in [1.82, 2.24) is 0 Å². The number of ketones is 1. The van der Waals surface area contributed by atoms with Crippen LogP contribution in [-0.4, -0.2) is 5.78 Å². The van der Waals surface area contributed by atoms with Crippen LogP contribution >= 0.6 is 0 Å². The summed E-state index contributed by atoms with van der Waals surface area (Å²) >= 11 is 0. The van der Waals surface area contributed by atoms with E-state index in [2.05, 4.69) is 6.58 Å². The van der Waals surface area contributed by atoms with Crippen molar-refractivity contribution in [3.05, 3.63) is 48.6 Å². The van der Waals surface area contributed by atoms with Crippen molar-refractivity contribution in [1.29, 1.82) is 0 Å². The molecule has 0 N–H and O–H groups in total. The van der Waals surface area contributed by atoms with E-state index in [0.29, 0.717) is 6.42 Å². The number of hydrogen-bond acceptors (Lipinski definition) is 1. The summed E-state index contributed by atoms with van der Waals surface area (Å²) in [6.45, 7) is 3.56. The number of carbonyl (C=O) groups is 1. The van der Waals surface area contributed by atoms with Gasteiger partial charge in [-0.05, 0) is 12.8 Å². The first-order valence-corrected chi connectivity index (χ1v) is 4.53. The molecule has 0 fully saturated rings. The van der Waals surface area contributed by atoms with Gasteiger partial charge in [-0.2, -0.15) is 0 Å². The minimum absolute atomic E-state index is 0.259. The lowest BCUT2D eigenvalue weighted by Gasteiger charge is -2.06. The average Bonchev–Trinajstić information content (AvgIpc) is 2.15. The van der Waals surface area contributed by atoms with E-state index in [4.69, 9.17) is 0 Å². The first-order valence-electron chi connectivity index (χ1n) is 4.53. The van der Waals surface area contributed by atoms with Crippen LogP contribution in [0.1, 0.15) is 19.3 Å². The molecule has 0 unspecified atom stereocenters. The van der Waals surface area contributed by atoms with Crippen LogP contribution in [0.2, 0.25) is 0 Å². The molecule has 0 spiro atoms. The molecule has 0 aromatic heterocycles. The summed E-state index contributed by atoms with van der Waals surface area (Å²) in [6, 6.07) is 0. The summed E-state index contributed by atoms with van der Waals surface area (Å²) in [5.41, 5.74) is 0.847. The molecule has 0 aromatic carbocycles. The van der Waals surface area contributed by atoms with Crippen LogP contribution in [0, 0.1) is 0 Å². The highest BCUT2D eigenvalue weighted by atomic mass is 16.1. The molecule has 0 bridgehead atoms. The topological polar surface area (TPSA) is 17.1 Å². The zero-order valence-electron chi connectivity index (χ0n) is 7.70. The van der Waals surface area contributed by atoms with E-state index < -0.39 is 0 Å². The second-order valence-electron chi connectivity index (χ2n) is 2.95. The zero-order chi connectivity index (χ0) is 9.52. The Balaban J connectivity index is 2.56. The first kappa shape index (κ1) is 9.72. The highest BCUT2D eigenvalue weighted by molar-refractivity contribution is 5.98. The third-order valence-corrected chi connectivity index (χ3v) is 1.93. The monoisotopic (exact) mass is 174 g/mol. The molecule has 0 atom stereocenters. The van der Waals surface area contributed by atoms with Gasteiger partial charge in [0.25, 0.3) is 0 Å². The minimum Gasteiger partial charge on any atom is -0.294 e. The van der Waals surface area contributed by atoms with E-state index in [0.717, 1.165) is 18.4 Å². The van der Waals surface area contributed by atoms with Gasteiger partial charge in [-0.25, -0.2) is 0 Å². The van der Waals surface area contributed by atoms with Crippen molar-refractivity contribution in [2.45, 2.75) is 19.3 Å². The second kappa shape index (κ2) is 5.31. The van der Waals surface area contributed by atoms with Gasteiger partial charge in [0.2, 0.25) is 0 Å². The van der Waals surface area contributed by atoms with Crippen molar-refractivity contribution >= 4 is 5.78 Å². The number of allylic oxidation sites excluding steroid dienone is 7. The Morgan fingerprint density at radius 3 is 2.85 bits per heavy atom. The highest BCUT2D eigenvalue weighted by Gasteiger charge is 2.09. The van der Waals surface area contributed by atoms with E-state index >= 15 is 0 Å². The number of hydrogen-bond donors (Lipinski definition) is 0. The minimum atomic E-state index is 0.259. The quantitative estimate of drug-likeness (QED) is 0.601. The van der Waals surface area contributed by atoms with Gasteiger partial charge in [0, 0.05) is 12.0 Å². The second-order valence-corrected chi connectivity index (χ2v) is 2.95. The summed E-state index contributed by atoms with van der Waals surface area (Å²) in [5.74, 6) is 0.259. The van der Waals surface area contributed by atoms with E-state index in [9.17, 15) is 4.79 Å². The fourth-order valence-corrected chi connectivity index (χ4v) is 1.24. The number of rotatable bonds is 3. The maximum absolute atomic E-state index is 11.3. The van der Waals surface area contributed by atoms with Crippen molar-refractivity contribution < 1.29 is 4.79 Å². The Kier molecular flexibility index (Phi) is 3.97. The summed E-state index contributed by atoms with van der Waals surface area (Å²) in [4.78, 5) is 11.3. The Hall–Kier alpha value is -1.37. The van der Waals surface area contributed by atoms with Gasteiger partial charge in [-0.15, -0.1) is 0 Å². The average molecular weight is 174 g/mol. The van der Waals surface area contributed by atoms with Gasteiger partial charge in [-0.3, -0.25) is 4.79 Å². The Bertz CT molecular complexity index is 279. The van der Waals surface area contributed by atoms with Crippen LogP contribution in [0.5, 0.6) is 0 Å². The molecule has 68 valence electrons. The van der Waals surface area contributed by atoms with E-state index in [-0.39, 0.29) is 5.78 Å². The molecular weight excluding hydrogens is 160 g/mol. The molecule has 0 aliphatic heterocycles. The zero-order valence-corrected chi connectivity index (χ0v) is 7.70. The van der Waals surface area contributed by atoms with Gasteiger partial charge >= 0.3 is 0 Å². The van der Waals surface area contributed by atoms with Crippen molar-refractivity contribution in [2.75, 3.05) is 0 Å². The smallest absolute Gasteiger partial charge is 0.162 e. The predicted octanol–water partition coefficient (Wildman–Crippen LogP) is 2.96. The van der Waals surface area contributed by atoms with Crippen molar-refractivity contribution in [2.24, 2.45) is 0 Å². The van der Waals surface area contributed by atoms with Gasteiger partial charge in [0.1, 0.15) is 0 Å². The molecule has 1 aliphatic carbocycles. The molecular formula is C12H14O. The molecule has 13 heavy (non-hydrogen) atoms. The molecule has 0 amide bonds. The van der Waals surface area contributed by atoms with Crippen LogP contribution in [0.15, 0.2) is 48.6 Å². The lowest BCUT2D eigenvalue weighted by molar-refractivity contribution is -0.115. The fourth-order valence-electron chi connectivity index (χ4n) is 1.24. The van der Waals surface area contributed by atoms with Crippen LogP contribution in [0.3, 0.4) is 0 Å². The summed E-state index contributed by atoms with van der Waals surface area (Å²) < 4.78 is 0. The third-order valence-electron chi connectivity index (χ3n) is 1.93. The summed E-state index contributed by atoms with van der Waals surface area (Å²) in [7, 11) is 0. The predicted molar refractivity (Wildman–Crippen MR) is 55.4 cm³/mol. The van der Waals surface area contributed by atoms with E-state index in [1.165, 1.54) is 0 Å². The molecule has 0 heterocycles. The molecule has 0 saturated heterocycles. The summed E-state index contributed by atoms with van der Waals surface area (Å²) in [5, 5.41) is 0. The molecule has 1 aliphatic rings. The van der Waals surface area contributed by atoms with Gasteiger partial charge in [0.15, 0.2) is 5.78 Å². The number of Topliss-reactive ketones (excluding diaryl/α,β-unsaturated/α-hetero) is 1. The molecule has 1 heteroatoms. The molecule has 0 saturated carbocycles. The maximum atomic E-state index is 11.3. The Labute approximate surface area is 79.2 Å². The van der Waals surface area contributed by atoms with Crippen LogP contribution in [0.4, 0.5) is 0 Å². The standard InChI is InChI=1S/C12H14O/c1-2-3-4-5-8-11-9-6-7-10-12(11)13/h2-5,8-9H,1,6-7,10H2/b4-3+,8-5+. The third kappa shape index (κ3) is 3.24. The maximum Gasteiger partial charge on any atom is 0.162 e. The van der Waals surface area contributed by atoms with Crippen LogP contribution in [0.25, 0.3) is 0 Å². The molecule has 1 nitrogen and oxygen atoms in total. The van der Waals surface area contributed by atoms with Crippen molar-refractivity contribution in [3.8, 4) is 0 Å². The normalized spacial score (nSPS) is 18.2. The summed E-state index contributed by atoms with van der Waals surface area (Å²) in [6.07, 6.45) is 13.9. The van der Waals surface area contributed by atoms with E-state index in [1.54, 1.807) is 6.08 Å². The Morgan fingerprint density at radius 2 is 2.15 bits per heavy atom.